The monoisotopic (exact) mass is 372 g/mol. The number of fused-ring (bicyclic) bond motifs is 1. The fourth-order valence-corrected chi connectivity index (χ4v) is 3.28. The third-order valence-corrected chi connectivity index (χ3v) is 4.92. The van der Waals surface area contributed by atoms with Crippen LogP contribution in [0.2, 0.25) is 0 Å². The number of hydrogen-bond acceptors (Lipinski definition) is 5. The van der Waals surface area contributed by atoms with Gasteiger partial charge in [0.25, 0.3) is 17.7 Å². The third kappa shape index (κ3) is 4.02. The van der Waals surface area contributed by atoms with E-state index in [0.717, 1.165) is 19.3 Å². The van der Waals surface area contributed by atoms with E-state index >= 15 is 0 Å². The molecular weight excluding hydrogens is 348 g/mol. The highest BCUT2D eigenvalue weighted by Crippen LogP contribution is 2.25. The van der Waals surface area contributed by atoms with Gasteiger partial charge in [-0.15, -0.1) is 0 Å². The molecule has 0 saturated carbocycles. The highest BCUT2D eigenvalue weighted by molar-refractivity contribution is 6.21. The van der Waals surface area contributed by atoms with Crippen LogP contribution in [0.15, 0.2) is 18.2 Å². The molecular formula is C20H24N2O5. The molecule has 1 saturated heterocycles. The lowest BCUT2D eigenvalue weighted by atomic mass is 10.1. The molecule has 0 aliphatic carbocycles. The van der Waals surface area contributed by atoms with Crippen molar-refractivity contribution in [2.75, 3.05) is 26.2 Å². The van der Waals surface area contributed by atoms with Crippen LogP contribution in [0.5, 0.6) is 0 Å². The second-order valence-corrected chi connectivity index (χ2v) is 7.37. The van der Waals surface area contributed by atoms with Crippen molar-refractivity contribution in [1.82, 2.24) is 9.80 Å². The number of hydrogen-bond donors (Lipinski definition) is 0. The second kappa shape index (κ2) is 7.90. The molecule has 27 heavy (non-hydrogen) atoms. The zero-order chi connectivity index (χ0) is 19.6. The first-order valence-corrected chi connectivity index (χ1v) is 9.33. The quantitative estimate of drug-likeness (QED) is 0.564. The molecule has 1 fully saturated rings. The highest BCUT2D eigenvalue weighted by atomic mass is 16.5. The summed E-state index contributed by atoms with van der Waals surface area (Å²) < 4.78 is 5.09. The summed E-state index contributed by atoms with van der Waals surface area (Å²) in [5.74, 6) is -1.24. The molecule has 0 atom stereocenters. The van der Waals surface area contributed by atoms with Crippen LogP contribution in [0.1, 0.15) is 64.2 Å². The fourth-order valence-electron chi connectivity index (χ4n) is 3.28. The van der Waals surface area contributed by atoms with Gasteiger partial charge in [0.15, 0.2) is 6.61 Å². The van der Waals surface area contributed by atoms with E-state index in [1.54, 1.807) is 4.90 Å². The van der Waals surface area contributed by atoms with Crippen molar-refractivity contribution in [3.05, 3.63) is 34.9 Å². The van der Waals surface area contributed by atoms with Crippen molar-refractivity contribution in [3.63, 3.8) is 0 Å². The molecule has 1 aromatic rings. The standard InChI is InChI=1S/C20H24N2O5/c1-13(2)7-10-22-18(24)15-6-5-14(11-16(15)19(22)25)20(26)27-12-17(23)21-8-3-4-9-21/h5-6,11,13H,3-4,7-10,12H2,1-2H3. The Morgan fingerprint density at radius 2 is 1.74 bits per heavy atom. The predicted octanol–water partition coefficient (Wildman–Crippen LogP) is 2.11. The second-order valence-electron chi connectivity index (χ2n) is 7.37. The zero-order valence-electron chi connectivity index (χ0n) is 15.7. The number of nitrogens with zero attached hydrogens (tertiary/aromatic N) is 2. The first-order valence-electron chi connectivity index (χ1n) is 9.33. The van der Waals surface area contributed by atoms with Gasteiger partial charge in [0, 0.05) is 19.6 Å². The fraction of sp³-hybridized carbons (Fsp3) is 0.500. The van der Waals surface area contributed by atoms with Crippen LogP contribution in [0, 0.1) is 5.92 Å². The minimum absolute atomic E-state index is 0.162. The summed E-state index contributed by atoms with van der Waals surface area (Å²) in [6.07, 6.45) is 2.65. The van der Waals surface area contributed by atoms with Crippen LogP contribution >= 0.6 is 0 Å². The Bertz CT molecular complexity index is 781. The lowest BCUT2D eigenvalue weighted by molar-refractivity contribution is -0.133. The molecule has 0 N–H and O–H groups in total. The van der Waals surface area contributed by atoms with E-state index in [2.05, 4.69) is 0 Å². The van der Waals surface area contributed by atoms with Crippen LogP contribution < -0.4 is 0 Å². The Hall–Kier alpha value is -2.70. The molecule has 3 rings (SSSR count). The number of benzene rings is 1. The summed E-state index contributed by atoms with van der Waals surface area (Å²) in [5.41, 5.74) is 0.673. The zero-order valence-corrected chi connectivity index (χ0v) is 15.7. The van der Waals surface area contributed by atoms with Gasteiger partial charge in [-0.2, -0.15) is 0 Å². The maximum atomic E-state index is 12.5. The van der Waals surface area contributed by atoms with Crippen molar-refractivity contribution in [2.45, 2.75) is 33.1 Å². The molecule has 144 valence electrons. The van der Waals surface area contributed by atoms with Gasteiger partial charge in [-0.1, -0.05) is 13.8 Å². The Kier molecular flexibility index (Phi) is 5.58. The van der Waals surface area contributed by atoms with E-state index in [1.807, 2.05) is 13.8 Å². The lowest BCUT2D eigenvalue weighted by Crippen LogP contribution is -2.32. The SMILES string of the molecule is CC(C)CCN1C(=O)c2ccc(C(=O)OCC(=O)N3CCCC3)cc2C1=O. The molecule has 2 heterocycles. The van der Waals surface area contributed by atoms with E-state index in [4.69, 9.17) is 4.74 Å². The van der Waals surface area contributed by atoms with E-state index in [-0.39, 0.29) is 29.5 Å². The molecule has 2 aliphatic heterocycles. The van der Waals surface area contributed by atoms with Crippen molar-refractivity contribution in [2.24, 2.45) is 5.92 Å². The van der Waals surface area contributed by atoms with Gasteiger partial charge in [-0.3, -0.25) is 19.3 Å². The Morgan fingerprint density at radius 1 is 1.07 bits per heavy atom. The predicted molar refractivity (Wildman–Crippen MR) is 97.4 cm³/mol. The summed E-state index contributed by atoms with van der Waals surface area (Å²) in [6, 6.07) is 4.32. The highest BCUT2D eigenvalue weighted by Gasteiger charge is 2.35. The van der Waals surface area contributed by atoms with Gasteiger partial charge in [-0.25, -0.2) is 4.79 Å². The van der Waals surface area contributed by atoms with Crippen molar-refractivity contribution >= 4 is 23.7 Å². The molecule has 0 aromatic heterocycles. The molecule has 0 bridgehead atoms. The molecule has 2 aliphatic rings. The topological polar surface area (TPSA) is 84.0 Å². The first kappa shape index (κ1) is 19.1. The summed E-state index contributed by atoms with van der Waals surface area (Å²) in [5, 5.41) is 0. The minimum Gasteiger partial charge on any atom is -0.452 e. The van der Waals surface area contributed by atoms with E-state index in [9.17, 15) is 19.2 Å². The van der Waals surface area contributed by atoms with E-state index in [0.29, 0.717) is 31.1 Å². The normalized spacial score (nSPS) is 16.3. The number of amides is 3. The van der Waals surface area contributed by atoms with Crippen LogP contribution in [0.3, 0.4) is 0 Å². The Balaban J connectivity index is 1.66. The van der Waals surface area contributed by atoms with Gasteiger partial charge >= 0.3 is 5.97 Å². The Morgan fingerprint density at radius 3 is 2.41 bits per heavy atom. The van der Waals surface area contributed by atoms with Crippen LogP contribution in [-0.4, -0.2) is 59.7 Å². The average molecular weight is 372 g/mol. The minimum atomic E-state index is -0.675. The number of imide groups is 1. The van der Waals surface area contributed by atoms with Gasteiger partial charge in [-0.05, 0) is 43.4 Å². The van der Waals surface area contributed by atoms with Crippen molar-refractivity contribution in [1.29, 1.82) is 0 Å². The average Bonchev–Trinajstić information content (AvgIpc) is 3.26. The first-order chi connectivity index (χ1) is 12.9. The molecule has 1 aromatic carbocycles. The van der Waals surface area contributed by atoms with Gasteiger partial charge < -0.3 is 9.64 Å². The third-order valence-electron chi connectivity index (χ3n) is 4.92. The van der Waals surface area contributed by atoms with Crippen LogP contribution in [0.25, 0.3) is 0 Å². The molecule has 7 nitrogen and oxygen atoms in total. The van der Waals surface area contributed by atoms with Crippen molar-refractivity contribution < 1.29 is 23.9 Å². The molecule has 3 amide bonds. The number of carbonyl (C=O) groups excluding carboxylic acids is 4. The summed E-state index contributed by atoms with van der Waals surface area (Å²) >= 11 is 0. The number of carbonyl (C=O) groups is 4. The maximum absolute atomic E-state index is 12.5. The lowest BCUT2D eigenvalue weighted by Gasteiger charge is -2.15. The smallest absolute Gasteiger partial charge is 0.338 e. The van der Waals surface area contributed by atoms with Crippen molar-refractivity contribution in [3.8, 4) is 0 Å². The van der Waals surface area contributed by atoms with E-state index in [1.165, 1.54) is 23.1 Å². The molecule has 0 spiro atoms. The summed E-state index contributed by atoms with van der Waals surface area (Å²) in [6.45, 7) is 5.47. The van der Waals surface area contributed by atoms with Crippen LogP contribution in [0.4, 0.5) is 0 Å². The van der Waals surface area contributed by atoms with Crippen LogP contribution in [-0.2, 0) is 9.53 Å². The van der Waals surface area contributed by atoms with E-state index < -0.39 is 11.9 Å². The number of ether oxygens (including phenoxy) is 1. The Labute approximate surface area is 158 Å². The number of likely N-dealkylation sites (tertiary alicyclic amines) is 1. The number of esters is 1. The largest absolute Gasteiger partial charge is 0.452 e. The van der Waals surface area contributed by atoms with Gasteiger partial charge in [0.1, 0.15) is 0 Å². The number of rotatable bonds is 6. The van der Waals surface area contributed by atoms with Gasteiger partial charge in [0.2, 0.25) is 0 Å². The summed E-state index contributed by atoms with van der Waals surface area (Å²) in [4.78, 5) is 52.0. The maximum Gasteiger partial charge on any atom is 0.338 e. The molecule has 0 radical (unpaired) electrons. The molecule has 0 unspecified atom stereocenters. The van der Waals surface area contributed by atoms with Gasteiger partial charge in [0.05, 0.1) is 16.7 Å². The summed E-state index contributed by atoms with van der Waals surface area (Å²) in [7, 11) is 0. The molecule has 7 heteroatoms.